The first-order valence-corrected chi connectivity index (χ1v) is 11.6. The van der Waals surface area contributed by atoms with Gasteiger partial charge in [0, 0.05) is 46.1 Å². The van der Waals surface area contributed by atoms with Crippen molar-refractivity contribution in [3.05, 3.63) is 68.5 Å². The Morgan fingerprint density at radius 3 is 2.87 bits per heavy atom. The highest BCUT2D eigenvalue weighted by atomic mass is 127. The molecule has 0 fully saturated rings. The number of allylic oxidation sites excluding steroid dienone is 4. The summed E-state index contributed by atoms with van der Waals surface area (Å²) in [7, 11) is 0. The number of nitrogens with zero attached hydrogens (tertiary/aromatic N) is 1. The minimum Gasteiger partial charge on any atom is -0.381 e. The summed E-state index contributed by atoms with van der Waals surface area (Å²) in [4.78, 5) is 24.2. The molecule has 0 saturated carbocycles. The van der Waals surface area contributed by atoms with Crippen molar-refractivity contribution in [2.45, 2.75) is 51.5 Å². The topological polar surface area (TPSA) is 70.6 Å². The van der Waals surface area contributed by atoms with Crippen LogP contribution < -0.4 is 10.7 Å². The summed E-state index contributed by atoms with van der Waals surface area (Å²) >= 11 is 2.31. The van der Waals surface area contributed by atoms with Gasteiger partial charge in [-0.3, -0.25) is 9.59 Å². The summed E-state index contributed by atoms with van der Waals surface area (Å²) in [5, 5.41) is 7.89. The molecule has 0 radical (unpaired) electrons. The Morgan fingerprint density at radius 2 is 2.13 bits per heavy atom. The maximum Gasteiger partial charge on any atom is 0.240 e. The maximum atomic E-state index is 12.7. The zero-order chi connectivity index (χ0) is 21.1. The summed E-state index contributed by atoms with van der Waals surface area (Å²) in [6.45, 7) is 2.03. The molecule has 1 aromatic carbocycles. The molecule has 2 unspecified atom stereocenters. The Morgan fingerprint density at radius 1 is 1.27 bits per heavy atom. The lowest BCUT2D eigenvalue weighted by Gasteiger charge is -2.27. The monoisotopic (exact) mass is 515 g/mol. The van der Waals surface area contributed by atoms with Crippen LogP contribution in [0, 0.1) is 9.49 Å². The van der Waals surface area contributed by atoms with E-state index < -0.39 is 0 Å². The molecule has 0 saturated heterocycles. The number of Topliss-reactive ketones (excluding diaryl/α,β-unsaturated/α-hetero) is 1. The van der Waals surface area contributed by atoms with Gasteiger partial charge in [-0.15, -0.1) is 0 Å². The summed E-state index contributed by atoms with van der Waals surface area (Å²) in [6.07, 6.45) is 10.9. The maximum absolute atomic E-state index is 12.7. The lowest BCUT2D eigenvalue weighted by molar-refractivity contribution is -0.122. The van der Waals surface area contributed by atoms with Gasteiger partial charge in [-0.1, -0.05) is 37.3 Å². The van der Waals surface area contributed by atoms with Crippen molar-refractivity contribution in [3.8, 4) is 0 Å². The number of hydrogen-bond donors (Lipinski definition) is 2. The van der Waals surface area contributed by atoms with E-state index >= 15 is 0 Å². The Hall–Kier alpha value is -2.22. The van der Waals surface area contributed by atoms with E-state index in [0.29, 0.717) is 19.3 Å². The number of amides is 1. The normalized spacial score (nSPS) is 24.3. The van der Waals surface area contributed by atoms with Crippen LogP contribution in [-0.4, -0.2) is 23.4 Å². The zero-order valence-corrected chi connectivity index (χ0v) is 19.2. The summed E-state index contributed by atoms with van der Waals surface area (Å²) < 4.78 is 1.19. The molecule has 0 aromatic heterocycles. The first-order chi connectivity index (χ1) is 14.5. The molecule has 1 aromatic rings. The molecule has 3 aliphatic rings. The third kappa shape index (κ3) is 4.91. The van der Waals surface area contributed by atoms with Crippen molar-refractivity contribution >= 4 is 40.0 Å². The van der Waals surface area contributed by atoms with Crippen LogP contribution in [0.5, 0.6) is 0 Å². The second kappa shape index (κ2) is 9.29. The van der Waals surface area contributed by atoms with Crippen molar-refractivity contribution in [2.24, 2.45) is 11.0 Å². The van der Waals surface area contributed by atoms with Gasteiger partial charge in [0.05, 0.1) is 5.71 Å². The van der Waals surface area contributed by atoms with Crippen LogP contribution in [-0.2, 0) is 16.0 Å². The van der Waals surface area contributed by atoms with Crippen molar-refractivity contribution in [2.75, 3.05) is 0 Å². The largest absolute Gasteiger partial charge is 0.381 e. The van der Waals surface area contributed by atoms with Gasteiger partial charge in [0.25, 0.3) is 0 Å². The van der Waals surface area contributed by atoms with E-state index in [0.717, 1.165) is 41.8 Å². The second-order valence-corrected chi connectivity index (χ2v) is 9.43. The van der Waals surface area contributed by atoms with Gasteiger partial charge >= 0.3 is 0 Å². The second-order valence-electron chi connectivity index (χ2n) is 8.18. The van der Waals surface area contributed by atoms with Crippen LogP contribution in [0.2, 0.25) is 0 Å². The predicted octanol–water partition coefficient (Wildman–Crippen LogP) is 4.20. The molecule has 4 rings (SSSR count). The standard InChI is InChI=1S/C24H26IN3O2/c1-15-12-23(30)27-28-24(15)17-8-10-19(11-9-17)26-21-6-3-7-22(29)20(21)14-16-4-2-5-18(25)13-16/h2,4-5,8-10,13,15,19,26H,3,6-7,11-12,14H2,1H3,(H,27,30). The minimum absolute atomic E-state index is 0.0271. The molecule has 1 heterocycles. The van der Waals surface area contributed by atoms with Crippen LogP contribution in [0.1, 0.15) is 44.6 Å². The molecule has 2 aliphatic carbocycles. The fourth-order valence-electron chi connectivity index (χ4n) is 4.25. The molecular formula is C24H26IN3O2. The molecule has 6 heteroatoms. The molecule has 5 nitrogen and oxygen atoms in total. The molecule has 2 N–H and O–H groups in total. The summed E-state index contributed by atoms with van der Waals surface area (Å²) in [6, 6.07) is 8.52. The molecule has 0 spiro atoms. The lowest BCUT2D eigenvalue weighted by atomic mass is 9.88. The number of halogens is 1. The van der Waals surface area contributed by atoms with Crippen LogP contribution in [0.15, 0.2) is 64.4 Å². The fourth-order valence-corrected chi connectivity index (χ4v) is 4.86. The van der Waals surface area contributed by atoms with Gasteiger partial charge in [-0.2, -0.15) is 5.10 Å². The van der Waals surface area contributed by atoms with Gasteiger partial charge in [0.2, 0.25) is 5.91 Å². The van der Waals surface area contributed by atoms with Gasteiger partial charge in [-0.25, -0.2) is 5.43 Å². The summed E-state index contributed by atoms with van der Waals surface area (Å²) in [5.41, 5.74) is 7.81. The number of ketones is 1. The van der Waals surface area contributed by atoms with E-state index in [1.807, 2.05) is 13.0 Å². The highest BCUT2D eigenvalue weighted by molar-refractivity contribution is 14.1. The Kier molecular flexibility index (Phi) is 6.51. The first-order valence-electron chi connectivity index (χ1n) is 10.5. The molecule has 30 heavy (non-hydrogen) atoms. The predicted molar refractivity (Wildman–Crippen MR) is 127 cm³/mol. The summed E-state index contributed by atoms with van der Waals surface area (Å²) in [5.74, 6) is 0.360. The smallest absolute Gasteiger partial charge is 0.240 e. The fraction of sp³-hybridized carbons (Fsp3) is 0.375. The molecule has 156 valence electrons. The van der Waals surface area contributed by atoms with Crippen LogP contribution in [0.25, 0.3) is 0 Å². The number of benzene rings is 1. The van der Waals surface area contributed by atoms with Crippen molar-refractivity contribution in [3.63, 3.8) is 0 Å². The zero-order valence-electron chi connectivity index (χ0n) is 17.1. The number of carbonyl (C=O) groups excluding carboxylic acids is 2. The Labute approximate surface area is 190 Å². The van der Waals surface area contributed by atoms with Gasteiger partial charge < -0.3 is 5.32 Å². The molecule has 1 amide bonds. The number of hydrogen-bond acceptors (Lipinski definition) is 4. The van der Waals surface area contributed by atoms with Crippen molar-refractivity contribution in [1.29, 1.82) is 0 Å². The van der Waals surface area contributed by atoms with Crippen LogP contribution in [0.3, 0.4) is 0 Å². The SMILES string of the molecule is CC1CC(=O)NN=C1C1=CCC(NC2=C(Cc3cccc(I)c3)C(=O)CCC2)C=C1. The minimum atomic E-state index is -0.0271. The average molecular weight is 515 g/mol. The highest BCUT2D eigenvalue weighted by Crippen LogP contribution is 2.26. The van der Waals surface area contributed by atoms with E-state index in [1.54, 1.807) is 0 Å². The number of carbonyl (C=O) groups is 2. The van der Waals surface area contributed by atoms with Gasteiger partial charge in [-0.05, 0) is 65.1 Å². The van der Waals surface area contributed by atoms with E-state index in [1.165, 1.54) is 9.13 Å². The average Bonchev–Trinajstić information content (AvgIpc) is 2.71. The van der Waals surface area contributed by atoms with Crippen molar-refractivity contribution in [1.82, 2.24) is 10.7 Å². The van der Waals surface area contributed by atoms with Crippen LogP contribution >= 0.6 is 22.6 Å². The number of hydrazone groups is 1. The highest BCUT2D eigenvalue weighted by Gasteiger charge is 2.25. The van der Waals surface area contributed by atoms with Crippen molar-refractivity contribution < 1.29 is 9.59 Å². The molecule has 2 atom stereocenters. The number of rotatable bonds is 5. The van der Waals surface area contributed by atoms with Gasteiger partial charge in [0.1, 0.15) is 0 Å². The first kappa shape index (κ1) is 21.0. The van der Waals surface area contributed by atoms with E-state index in [9.17, 15) is 9.59 Å². The van der Waals surface area contributed by atoms with Gasteiger partial charge in [0.15, 0.2) is 5.78 Å². The number of nitrogens with one attached hydrogen (secondary N) is 2. The third-order valence-corrected chi connectivity index (χ3v) is 6.49. The third-order valence-electron chi connectivity index (χ3n) is 5.82. The Bertz CT molecular complexity index is 990. The lowest BCUT2D eigenvalue weighted by Crippen LogP contribution is -2.34. The molecule has 0 bridgehead atoms. The van der Waals surface area contributed by atoms with E-state index in [4.69, 9.17) is 0 Å². The Balaban J connectivity index is 1.47. The van der Waals surface area contributed by atoms with E-state index in [2.05, 4.69) is 74.9 Å². The molecule has 1 aliphatic heterocycles. The van der Waals surface area contributed by atoms with Crippen LogP contribution in [0.4, 0.5) is 0 Å². The molecular weight excluding hydrogens is 489 g/mol. The quantitative estimate of drug-likeness (QED) is 0.578. The van der Waals surface area contributed by atoms with E-state index in [-0.39, 0.29) is 23.7 Å².